The van der Waals surface area contributed by atoms with Gasteiger partial charge in [0, 0.05) is 37.5 Å². The molecule has 1 unspecified atom stereocenters. The molecule has 2 fully saturated rings. The monoisotopic (exact) mass is 460 g/mol. The van der Waals surface area contributed by atoms with Crippen LogP contribution in [0.25, 0.3) is 0 Å². The summed E-state index contributed by atoms with van der Waals surface area (Å²) in [6, 6.07) is 5.12. The summed E-state index contributed by atoms with van der Waals surface area (Å²) in [6.45, 7) is 7.64. The summed E-state index contributed by atoms with van der Waals surface area (Å²) in [5.41, 5.74) is 0. The molecule has 8 nitrogen and oxygen atoms in total. The third-order valence-electron chi connectivity index (χ3n) is 6.41. The van der Waals surface area contributed by atoms with Crippen LogP contribution in [0.1, 0.15) is 44.4 Å². The second-order valence-corrected chi connectivity index (χ2v) is 9.47. The van der Waals surface area contributed by atoms with Crippen molar-refractivity contribution in [2.75, 3.05) is 18.0 Å². The highest BCUT2D eigenvalue weighted by atomic mass is 35.5. The predicted octanol–water partition coefficient (Wildman–Crippen LogP) is 4.84. The number of piperidine rings is 1. The van der Waals surface area contributed by atoms with Gasteiger partial charge in [-0.05, 0) is 56.6 Å². The Kier molecular flexibility index (Phi) is 5.53. The van der Waals surface area contributed by atoms with Crippen molar-refractivity contribution in [3.05, 3.63) is 40.8 Å². The highest BCUT2D eigenvalue weighted by Crippen LogP contribution is 2.44. The second-order valence-electron chi connectivity index (χ2n) is 9.03. The number of aromatic nitrogens is 5. The lowest BCUT2D eigenvalue weighted by atomic mass is 9.82. The first kappa shape index (κ1) is 21.2. The molecule has 0 spiro atoms. The van der Waals surface area contributed by atoms with Gasteiger partial charge in [0.05, 0.1) is 6.04 Å². The third kappa shape index (κ3) is 4.18. The van der Waals surface area contributed by atoms with Gasteiger partial charge in [0.15, 0.2) is 5.82 Å². The maximum atomic E-state index is 13.7. The predicted molar refractivity (Wildman–Crippen MR) is 117 cm³/mol. The van der Waals surface area contributed by atoms with Crippen molar-refractivity contribution < 1.29 is 13.5 Å². The highest BCUT2D eigenvalue weighted by Gasteiger charge is 2.43. The summed E-state index contributed by atoms with van der Waals surface area (Å²) < 4.78 is 27.0. The van der Waals surface area contributed by atoms with Gasteiger partial charge in [-0.15, -0.1) is 5.10 Å². The number of aryl methyl sites for hydroxylation is 1. The Balaban J connectivity index is 1.33. The van der Waals surface area contributed by atoms with Crippen LogP contribution < -0.4 is 9.64 Å². The number of hydrogen-bond acceptors (Lipinski definition) is 7. The zero-order valence-corrected chi connectivity index (χ0v) is 19.1. The number of anilines is 1. The van der Waals surface area contributed by atoms with Crippen LogP contribution in [-0.2, 0) is 6.42 Å². The summed E-state index contributed by atoms with van der Waals surface area (Å²) in [4.78, 5) is 6.88. The molecule has 0 amide bonds. The van der Waals surface area contributed by atoms with Crippen LogP contribution in [0.2, 0.25) is 5.02 Å². The Hall–Kier alpha value is -2.68. The van der Waals surface area contributed by atoms with Crippen molar-refractivity contribution in [1.82, 2.24) is 25.0 Å². The van der Waals surface area contributed by atoms with Crippen molar-refractivity contribution in [3.8, 4) is 11.8 Å². The summed E-state index contributed by atoms with van der Waals surface area (Å²) >= 11 is 5.97. The molecule has 10 heteroatoms. The van der Waals surface area contributed by atoms with Crippen LogP contribution in [-0.4, -0.2) is 38.1 Å². The Morgan fingerprint density at radius 3 is 2.56 bits per heavy atom. The third-order valence-corrected chi connectivity index (χ3v) is 6.63. The van der Waals surface area contributed by atoms with Gasteiger partial charge in [-0.25, -0.2) is 9.07 Å². The molecule has 1 aliphatic heterocycles. The number of hydrogen-bond donors (Lipinski definition) is 0. The van der Waals surface area contributed by atoms with Crippen molar-refractivity contribution >= 4 is 17.6 Å². The maximum Gasteiger partial charge on any atom is 0.320 e. The number of halogens is 2. The molecule has 1 aliphatic carbocycles. The lowest BCUT2D eigenvalue weighted by Gasteiger charge is -2.36. The molecule has 170 valence electrons. The van der Waals surface area contributed by atoms with E-state index in [0.29, 0.717) is 41.4 Å². The van der Waals surface area contributed by atoms with Crippen LogP contribution in [0.15, 0.2) is 22.6 Å². The lowest BCUT2D eigenvalue weighted by Crippen LogP contribution is -2.43. The van der Waals surface area contributed by atoms with E-state index in [2.05, 4.69) is 20.1 Å². The molecule has 0 N–H and O–H groups in total. The van der Waals surface area contributed by atoms with Crippen molar-refractivity contribution in [3.63, 3.8) is 0 Å². The van der Waals surface area contributed by atoms with Gasteiger partial charge in [-0.1, -0.05) is 16.7 Å². The van der Waals surface area contributed by atoms with E-state index in [1.54, 1.807) is 10.7 Å². The quantitative estimate of drug-likeness (QED) is 0.520. The van der Waals surface area contributed by atoms with E-state index in [4.69, 9.17) is 25.9 Å². The van der Waals surface area contributed by atoms with Gasteiger partial charge in [0.25, 0.3) is 0 Å². The molecule has 2 aliphatic rings. The van der Waals surface area contributed by atoms with Gasteiger partial charge >= 0.3 is 12.0 Å². The minimum atomic E-state index is -0.455. The van der Waals surface area contributed by atoms with Crippen molar-refractivity contribution in [2.24, 2.45) is 17.8 Å². The zero-order chi connectivity index (χ0) is 22.4. The van der Waals surface area contributed by atoms with Crippen LogP contribution in [0.5, 0.6) is 11.8 Å². The molecule has 1 aromatic carbocycles. The molecule has 0 radical (unpaired) electrons. The molecule has 1 saturated carbocycles. The smallest absolute Gasteiger partial charge is 0.320 e. The van der Waals surface area contributed by atoms with E-state index >= 15 is 0 Å². The highest BCUT2D eigenvalue weighted by molar-refractivity contribution is 6.30. The Labute approximate surface area is 190 Å². The largest absolute Gasteiger partial charge is 0.424 e. The molecule has 2 bridgehead atoms. The molecule has 1 saturated heterocycles. The first-order valence-corrected chi connectivity index (χ1v) is 11.4. The standard InChI is InChI=1S/C22H26ClFN6O2/c1-12(2)30-21(32-18-7-16(23)6-17(24)8-18)25-20(28-30)9-19-14-4-5-15(19)11-29(10-14)22-27-26-13(3)31-22/h6-8,12,14-15,19H,4-5,9-11H2,1-3H3/t14-,15+,19?. The van der Waals surface area contributed by atoms with Crippen molar-refractivity contribution in [1.29, 1.82) is 0 Å². The number of rotatable bonds is 6. The average molecular weight is 461 g/mol. The van der Waals surface area contributed by atoms with Gasteiger partial charge < -0.3 is 14.1 Å². The van der Waals surface area contributed by atoms with E-state index in [1.165, 1.54) is 25.0 Å². The van der Waals surface area contributed by atoms with Crippen LogP contribution in [0.4, 0.5) is 10.4 Å². The van der Waals surface area contributed by atoms with E-state index in [1.807, 2.05) is 20.8 Å². The van der Waals surface area contributed by atoms with Gasteiger partial charge in [0.1, 0.15) is 11.6 Å². The fourth-order valence-corrected chi connectivity index (χ4v) is 5.20. The molecule has 3 atom stereocenters. The molecular weight excluding hydrogens is 435 g/mol. The first-order chi connectivity index (χ1) is 15.4. The average Bonchev–Trinajstić information content (AvgIpc) is 3.38. The first-order valence-electron chi connectivity index (χ1n) is 11.0. The van der Waals surface area contributed by atoms with Crippen LogP contribution >= 0.6 is 11.6 Å². The summed E-state index contributed by atoms with van der Waals surface area (Å²) in [5, 5.41) is 13.2. The van der Waals surface area contributed by atoms with Crippen LogP contribution in [0.3, 0.4) is 0 Å². The van der Waals surface area contributed by atoms with Gasteiger partial charge in [-0.2, -0.15) is 10.1 Å². The number of fused-ring (bicyclic) bond motifs is 2. The SMILES string of the molecule is Cc1nnc(N2C[C@H]3CC[C@@H](C2)C3Cc2nc(Oc3cc(F)cc(Cl)c3)n(C(C)C)n2)o1. The molecule has 3 heterocycles. The maximum absolute atomic E-state index is 13.7. The zero-order valence-electron chi connectivity index (χ0n) is 18.3. The van der Waals surface area contributed by atoms with Crippen molar-refractivity contribution in [2.45, 2.75) is 46.1 Å². The fourth-order valence-electron chi connectivity index (χ4n) is 4.99. The second kappa shape index (κ2) is 8.35. The molecule has 3 aromatic rings. The van der Waals surface area contributed by atoms with E-state index in [9.17, 15) is 4.39 Å². The number of benzene rings is 1. The van der Waals surface area contributed by atoms with E-state index < -0.39 is 5.82 Å². The Bertz CT molecular complexity index is 1080. The lowest BCUT2D eigenvalue weighted by molar-refractivity contribution is 0.257. The van der Waals surface area contributed by atoms with E-state index in [0.717, 1.165) is 25.3 Å². The van der Waals surface area contributed by atoms with Gasteiger partial charge in [0.2, 0.25) is 5.89 Å². The summed E-state index contributed by atoms with van der Waals surface area (Å²) in [5.74, 6) is 2.74. The normalized spacial score (nSPS) is 22.7. The molecule has 5 rings (SSSR count). The van der Waals surface area contributed by atoms with E-state index in [-0.39, 0.29) is 11.1 Å². The minimum absolute atomic E-state index is 0.0506. The Morgan fingerprint density at radius 1 is 1.19 bits per heavy atom. The fraction of sp³-hybridized carbons (Fsp3) is 0.545. The minimum Gasteiger partial charge on any atom is -0.424 e. The number of ether oxygens (including phenoxy) is 1. The summed E-state index contributed by atoms with van der Waals surface area (Å²) in [7, 11) is 0. The molecule has 32 heavy (non-hydrogen) atoms. The Morgan fingerprint density at radius 2 is 1.94 bits per heavy atom. The molecule has 2 aromatic heterocycles. The number of nitrogens with zero attached hydrogens (tertiary/aromatic N) is 6. The van der Waals surface area contributed by atoms with Gasteiger partial charge in [-0.3, -0.25) is 0 Å². The topological polar surface area (TPSA) is 82.1 Å². The van der Waals surface area contributed by atoms with Crippen LogP contribution in [0, 0.1) is 30.5 Å². The molecular formula is C22H26ClFN6O2. The summed E-state index contributed by atoms with van der Waals surface area (Å²) in [6.07, 6.45) is 3.13.